The van der Waals surface area contributed by atoms with E-state index in [4.69, 9.17) is 5.84 Å². The fourth-order valence-electron chi connectivity index (χ4n) is 2.33. The number of hydrazine groups is 1. The molecule has 1 aliphatic rings. The number of β-amino-alcohol motifs (C(OH)–C–C–N with tert-alkyl or cyclic N) is 1. The van der Waals surface area contributed by atoms with Gasteiger partial charge in [-0.2, -0.15) is 0 Å². The first-order valence-electron chi connectivity index (χ1n) is 5.98. The first-order valence-corrected chi connectivity index (χ1v) is 5.98. The number of hydrogen-bond donors (Lipinski definition) is 3. The number of aliphatic hydroxyl groups excluding tert-OH is 1. The molecule has 1 saturated heterocycles. The van der Waals surface area contributed by atoms with Crippen LogP contribution in [0.15, 0.2) is 12.4 Å². The zero-order chi connectivity index (χ0) is 13.1. The van der Waals surface area contributed by atoms with Gasteiger partial charge in [-0.15, -0.1) is 0 Å². The van der Waals surface area contributed by atoms with Gasteiger partial charge >= 0.3 is 0 Å². The molecule has 2 rings (SSSR count). The Morgan fingerprint density at radius 2 is 2.33 bits per heavy atom. The lowest BCUT2D eigenvalue weighted by atomic mass is 10.2. The highest BCUT2D eigenvalue weighted by Gasteiger charge is 2.32. The van der Waals surface area contributed by atoms with E-state index >= 15 is 0 Å². The summed E-state index contributed by atoms with van der Waals surface area (Å²) in [5.74, 6) is 6.60. The Bertz CT molecular complexity index is 399. The molecule has 4 N–H and O–H groups in total. The van der Waals surface area contributed by atoms with Gasteiger partial charge in [-0.05, 0) is 20.5 Å². The summed E-state index contributed by atoms with van der Waals surface area (Å²) in [6.45, 7) is 1.46. The van der Waals surface area contributed by atoms with Gasteiger partial charge in [0.05, 0.1) is 18.5 Å². The fraction of sp³-hybridized carbons (Fsp3) is 0.636. The van der Waals surface area contributed by atoms with Crippen LogP contribution in [-0.2, 0) is 0 Å². The molecule has 0 amide bonds. The highest BCUT2D eigenvalue weighted by Crippen LogP contribution is 2.24. The monoisotopic (exact) mass is 252 g/mol. The zero-order valence-electron chi connectivity index (χ0n) is 10.7. The molecule has 1 aliphatic heterocycles. The van der Waals surface area contributed by atoms with Crippen molar-refractivity contribution in [1.29, 1.82) is 0 Å². The van der Waals surface area contributed by atoms with Gasteiger partial charge in [0.15, 0.2) is 5.82 Å². The number of nitrogens with one attached hydrogen (secondary N) is 1. The highest BCUT2D eigenvalue weighted by molar-refractivity contribution is 5.45. The van der Waals surface area contributed by atoms with Crippen LogP contribution >= 0.6 is 0 Å². The Hall–Kier alpha value is -1.44. The van der Waals surface area contributed by atoms with Gasteiger partial charge in [0.1, 0.15) is 5.82 Å². The maximum Gasteiger partial charge on any atom is 0.160 e. The standard InChI is InChI=1S/C11H20N6O/c1-16(2)6-8-3-9(18)7-17(8)11-5-13-4-10(14-11)15-12/h4-5,8-9,18H,3,6-7,12H2,1-2H3,(H,14,15). The second kappa shape index (κ2) is 5.47. The number of likely N-dealkylation sites (N-methyl/N-ethyl adjacent to an activating group) is 1. The number of hydrogen-bond acceptors (Lipinski definition) is 7. The van der Waals surface area contributed by atoms with E-state index in [1.807, 2.05) is 14.1 Å². The van der Waals surface area contributed by atoms with E-state index in [9.17, 15) is 5.11 Å². The molecule has 0 aromatic carbocycles. The second-order valence-corrected chi connectivity index (χ2v) is 4.86. The lowest BCUT2D eigenvalue weighted by Crippen LogP contribution is -2.38. The number of nitrogen functional groups attached to an aromatic ring is 1. The molecule has 1 fully saturated rings. The Labute approximate surface area is 107 Å². The molecule has 1 aromatic rings. The fourth-order valence-corrected chi connectivity index (χ4v) is 2.33. The molecule has 2 heterocycles. The Kier molecular flexibility index (Phi) is 3.95. The summed E-state index contributed by atoms with van der Waals surface area (Å²) < 4.78 is 0. The van der Waals surface area contributed by atoms with Gasteiger partial charge in [-0.25, -0.2) is 10.8 Å². The third kappa shape index (κ3) is 2.87. The smallest absolute Gasteiger partial charge is 0.160 e. The molecule has 7 nitrogen and oxygen atoms in total. The summed E-state index contributed by atoms with van der Waals surface area (Å²) in [7, 11) is 4.04. The second-order valence-electron chi connectivity index (χ2n) is 4.86. The van der Waals surface area contributed by atoms with Gasteiger partial charge in [0.25, 0.3) is 0 Å². The molecule has 0 aliphatic carbocycles. The van der Waals surface area contributed by atoms with E-state index in [0.29, 0.717) is 12.4 Å². The summed E-state index contributed by atoms with van der Waals surface area (Å²) in [5, 5.41) is 9.82. The quantitative estimate of drug-likeness (QED) is 0.480. The predicted molar refractivity (Wildman–Crippen MR) is 70.2 cm³/mol. The lowest BCUT2D eigenvalue weighted by Gasteiger charge is -2.27. The molecule has 18 heavy (non-hydrogen) atoms. The van der Waals surface area contributed by atoms with E-state index in [-0.39, 0.29) is 12.1 Å². The van der Waals surface area contributed by atoms with E-state index < -0.39 is 0 Å². The van der Waals surface area contributed by atoms with Crippen molar-refractivity contribution in [2.75, 3.05) is 37.5 Å². The van der Waals surface area contributed by atoms with Crippen molar-refractivity contribution in [2.45, 2.75) is 18.6 Å². The maximum atomic E-state index is 9.82. The third-order valence-electron chi connectivity index (χ3n) is 3.03. The number of anilines is 2. The first-order chi connectivity index (χ1) is 8.60. The molecule has 0 bridgehead atoms. The van der Waals surface area contributed by atoms with Gasteiger partial charge in [0.2, 0.25) is 0 Å². The van der Waals surface area contributed by atoms with Gasteiger partial charge in [-0.3, -0.25) is 4.98 Å². The van der Waals surface area contributed by atoms with E-state index in [1.165, 1.54) is 0 Å². The predicted octanol–water partition coefficient (Wildman–Crippen LogP) is -0.737. The first kappa shape index (κ1) is 13.0. The van der Waals surface area contributed by atoms with E-state index in [0.717, 1.165) is 18.8 Å². The van der Waals surface area contributed by atoms with Crippen LogP contribution in [0.5, 0.6) is 0 Å². The summed E-state index contributed by atoms with van der Waals surface area (Å²) in [5.41, 5.74) is 2.48. The zero-order valence-corrected chi connectivity index (χ0v) is 10.7. The van der Waals surface area contributed by atoms with Crippen molar-refractivity contribution in [1.82, 2.24) is 14.9 Å². The molecule has 0 spiro atoms. The third-order valence-corrected chi connectivity index (χ3v) is 3.03. The van der Waals surface area contributed by atoms with Crippen molar-refractivity contribution in [3.05, 3.63) is 12.4 Å². The van der Waals surface area contributed by atoms with Crippen LogP contribution in [0, 0.1) is 0 Å². The molecule has 100 valence electrons. The lowest BCUT2D eigenvalue weighted by molar-refractivity contribution is 0.191. The van der Waals surface area contributed by atoms with E-state index in [2.05, 4.69) is 25.2 Å². The van der Waals surface area contributed by atoms with Crippen molar-refractivity contribution in [2.24, 2.45) is 5.84 Å². The summed E-state index contributed by atoms with van der Waals surface area (Å²) in [6, 6.07) is 0.248. The van der Waals surface area contributed by atoms with Crippen LogP contribution in [0.4, 0.5) is 11.6 Å². The average molecular weight is 252 g/mol. The van der Waals surface area contributed by atoms with Crippen molar-refractivity contribution in [3.63, 3.8) is 0 Å². The number of aromatic nitrogens is 2. The Morgan fingerprint density at radius 3 is 3.00 bits per heavy atom. The van der Waals surface area contributed by atoms with E-state index in [1.54, 1.807) is 12.4 Å². The van der Waals surface area contributed by atoms with Crippen LogP contribution < -0.4 is 16.2 Å². The van der Waals surface area contributed by atoms with Crippen molar-refractivity contribution in [3.8, 4) is 0 Å². The largest absolute Gasteiger partial charge is 0.391 e. The minimum atomic E-state index is -0.314. The Morgan fingerprint density at radius 1 is 1.56 bits per heavy atom. The van der Waals surface area contributed by atoms with Crippen molar-refractivity contribution < 1.29 is 5.11 Å². The van der Waals surface area contributed by atoms with Gasteiger partial charge in [-0.1, -0.05) is 0 Å². The molecule has 2 unspecified atom stereocenters. The normalized spacial score (nSPS) is 23.7. The summed E-state index contributed by atoms with van der Waals surface area (Å²) >= 11 is 0. The number of rotatable bonds is 4. The van der Waals surface area contributed by atoms with Crippen LogP contribution in [0.2, 0.25) is 0 Å². The maximum absolute atomic E-state index is 9.82. The molecular weight excluding hydrogens is 232 g/mol. The van der Waals surface area contributed by atoms with Gasteiger partial charge in [0, 0.05) is 19.1 Å². The van der Waals surface area contributed by atoms with Crippen LogP contribution in [-0.4, -0.2) is 59.3 Å². The number of nitrogens with zero attached hydrogens (tertiary/aromatic N) is 4. The van der Waals surface area contributed by atoms with Crippen LogP contribution in [0.25, 0.3) is 0 Å². The molecule has 0 saturated carbocycles. The molecule has 2 atom stereocenters. The minimum Gasteiger partial charge on any atom is -0.391 e. The van der Waals surface area contributed by atoms with Crippen LogP contribution in [0.1, 0.15) is 6.42 Å². The molecule has 1 aromatic heterocycles. The number of nitrogens with two attached hydrogens (primary N) is 1. The molecule has 7 heteroatoms. The highest BCUT2D eigenvalue weighted by atomic mass is 16.3. The SMILES string of the molecule is CN(C)CC1CC(O)CN1c1cncc(NN)n1. The molecular formula is C11H20N6O. The van der Waals surface area contributed by atoms with Crippen molar-refractivity contribution >= 4 is 11.6 Å². The summed E-state index contributed by atoms with van der Waals surface area (Å²) in [6.07, 6.45) is 3.70. The van der Waals surface area contributed by atoms with Gasteiger partial charge < -0.3 is 20.3 Å². The molecule has 0 radical (unpaired) electrons. The topological polar surface area (TPSA) is 90.5 Å². The minimum absolute atomic E-state index is 0.248. The summed E-state index contributed by atoms with van der Waals surface area (Å²) in [4.78, 5) is 12.6. The van der Waals surface area contributed by atoms with Crippen LogP contribution in [0.3, 0.4) is 0 Å². The Balaban J connectivity index is 2.18. The average Bonchev–Trinajstić information content (AvgIpc) is 2.69. The number of aliphatic hydroxyl groups is 1.